The van der Waals surface area contributed by atoms with Crippen molar-refractivity contribution in [3.63, 3.8) is 0 Å². The van der Waals surface area contributed by atoms with Crippen molar-refractivity contribution < 1.29 is 15.0 Å². The Morgan fingerprint density at radius 2 is 1.42 bits per heavy atom. The minimum atomic E-state index is -0.826. The summed E-state index contributed by atoms with van der Waals surface area (Å²) in [6.07, 6.45) is 18.9. The second kappa shape index (κ2) is 18.9. The first kappa shape index (κ1) is 25.1. The average Bonchev–Trinajstić information content (AvgIpc) is 2.64. The van der Waals surface area contributed by atoms with E-state index in [-0.39, 0.29) is 12.5 Å². The molecule has 0 aliphatic rings. The molecule has 0 saturated carbocycles. The van der Waals surface area contributed by atoms with E-state index in [1.54, 1.807) is 6.08 Å². The summed E-state index contributed by atoms with van der Waals surface area (Å²) in [5, 5.41) is 22.1. The zero-order chi connectivity index (χ0) is 19.5. The number of hydrogen-bond donors (Lipinski definition) is 3. The van der Waals surface area contributed by atoms with E-state index in [1.165, 1.54) is 57.8 Å². The first-order chi connectivity index (χ1) is 12.7. The Morgan fingerprint density at radius 3 is 1.92 bits per heavy atom. The fraction of sp³-hybridized carbons (Fsp3) is 0.864. The van der Waals surface area contributed by atoms with E-state index < -0.39 is 12.1 Å². The van der Waals surface area contributed by atoms with Crippen LogP contribution in [0.5, 0.6) is 0 Å². The lowest BCUT2D eigenvalue weighted by Gasteiger charge is -2.19. The van der Waals surface area contributed by atoms with Gasteiger partial charge in [0.05, 0.1) is 18.8 Å². The van der Waals surface area contributed by atoms with Crippen molar-refractivity contribution in [1.82, 2.24) is 5.32 Å². The molecular formula is C22H43NO3. The highest BCUT2D eigenvalue weighted by molar-refractivity contribution is 5.76. The molecule has 1 amide bonds. The number of unbranched alkanes of at least 4 members (excludes halogenated alkanes) is 11. The Labute approximate surface area is 161 Å². The first-order valence-electron chi connectivity index (χ1n) is 10.9. The highest BCUT2D eigenvalue weighted by Crippen LogP contribution is 2.12. The Bertz CT molecular complexity index is 344. The number of rotatable bonds is 18. The van der Waals surface area contributed by atoms with E-state index in [9.17, 15) is 15.0 Å². The first-order valence-corrected chi connectivity index (χ1v) is 10.9. The molecule has 0 heterocycles. The third-order valence-corrected chi connectivity index (χ3v) is 4.75. The van der Waals surface area contributed by atoms with Crippen LogP contribution in [0.3, 0.4) is 0 Å². The highest BCUT2D eigenvalue weighted by atomic mass is 16.3. The van der Waals surface area contributed by atoms with Gasteiger partial charge in [-0.1, -0.05) is 96.6 Å². The summed E-state index contributed by atoms with van der Waals surface area (Å²) in [6, 6.07) is -0.608. The molecule has 4 nitrogen and oxygen atoms in total. The fourth-order valence-electron chi connectivity index (χ4n) is 3.00. The molecule has 0 bridgehead atoms. The van der Waals surface area contributed by atoms with Crippen LogP contribution < -0.4 is 5.32 Å². The van der Waals surface area contributed by atoms with E-state index in [2.05, 4.69) is 19.2 Å². The maximum Gasteiger partial charge on any atom is 0.220 e. The highest BCUT2D eigenvalue weighted by Gasteiger charge is 2.17. The number of amides is 1. The number of aliphatic hydroxyl groups is 2. The summed E-state index contributed by atoms with van der Waals surface area (Å²) < 4.78 is 0. The van der Waals surface area contributed by atoms with Crippen LogP contribution in [0.15, 0.2) is 12.2 Å². The summed E-state index contributed by atoms with van der Waals surface area (Å²) in [5.41, 5.74) is 0. The molecule has 0 spiro atoms. The smallest absolute Gasteiger partial charge is 0.220 e. The topological polar surface area (TPSA) is 69.6 Å². The Balaban J connectivity index is 3.63. The van der Waals surface area contributed by atoms with Crippen LogP contribution in [0.1, 0.15) is 104 Å². The summed E-state index contributed by atoms with van der Waals surface area (Å²) in [5.74, 6) is -0.0806. The van der Waals surface area contributed by atoms with E-state index >= 15 is 0 Å². The molecule has 0 aliphatic carbocycles. The summed E-state index contributed by atoms with van der Waals surface area (Å²) in [6.45, 7) is 4.06. The van der Waals surface area contributed by atoms with Crippen molar-refractivity contribution in [2.45, 2.75) is 116 Å². The van der Waals surface area contributed by atoms with Gasteiger partial charge in [-0.15, -0.1) is 0 Å². The van der Waals surface area contributed by atoms with Crippen LogP contribution in [0.4, 0.5) is 0 Å². The largest absolute Gasteiger partial charge is 0.394 e. The van der Waals surface area contributed by atoms with E-state index in [1.807, 2.05) is 6.08 Å². The molecule has 0 rings (SSSR count). The van der Waals surface area contributed by atoms with Crippen molar-refractivity contribution in [2.24, 2.45) is 0 Å². The van der Waals surface area contributed by atoms with Gasteiger partial charge in [0, 0.05) is 6.42 Å². The maximum absolute atomic E-state index is 11.9. The van der Waals surface area contributed by atoms with Gasteiger partial charge >= 0.3 is 0 Å². The lowest BCUT2D eigenvalue weighted by atomic mass is 10.0. The van der Waals surface area contributed by atoms with Gasteiger partial charge in [-0.25, -0.2) is 0 Å². The molecule has 0 aliphatic heterocycles. The molecule has 0 aromatic rings. The third-order valence-electron chi connectivity index (χ3n) is 4.75. The predicted octanol–water partition coefficient (Wildman–Crippen LogP) is 4.88. The Kier molecular flexibility index (Phi) is 18.3. The van der Waals surface area contributed by atoms with Gasteiger partial charge in [-0.2, -0.15) is 0 Å². The molecule has 0 radical (unpaired) electrons. The number of aliphatic hydroxyl groups excluding tert-OH is 2. The van der Waals surface area contributed by atoms with Crippen LogP contribution >= 0.6 is 0 Å². The molecule has 26 heavy (non-hydrogen) atoms. The molecule has 154 valence electrons. The quantitative estimate of drug-likeness (QED) is 0.238. The van der Waals surface area contributed by atoms with Crippen LogP contribution in [0, 0.1) is 0 Å². The van der Waals surface area contributed by atoms with Gasteiger partial charge in [0.15, 0.2) is 0 Å². The predicted molar refractivity (Wildman–Crippen MR) is 110 cm³/mol. The SMILES string of the molecule is CCC/C=C/C(O)C(CO)NC(=O)CCCCCCCCCCCCC. The van der Waals surface area contributed by atoms with Crippen molar-refractivity contribution in [3.8, 4) is 0 Å². The lowest BCUT2D eigenvalue weighted by molar-refractivity contribution is -0.123. The molecule has 2 unspecified atom stereocenters. The lowest BCUT2D eigenvalue weighted by Crippen LogP contribution is -2.45. The summed E-state index contributed by atoms with van der Waals surface area (Å²) in [4.78, 5) is 11.9. The second-order valence-corrected chi connectivity index (χ2v) is 7.35. The average molecular weight is 370 g/mol. The number of allylic oxidation sites excluding steroid dienone is 1. The van der Waals surface area contributed by atoms with Crippen LogP contribution in [-0.4, -0.2) is 34.9 Å². The number of carbonyl (C=O) groups is 1. The normalized spacial score (nSPS) is 13.8. The van der Waals surface area contributed by atoms with Crippen LogP contribution in [-0.2, 0) is 4.79 Å². The van der Waals surface area contributed by atoms with Gasteiger partial charge in [-0.3, -0.25) is 4.79 Å². The maximum atomic E-state index is 11.9. The summed E-state index contributed by atoms with van der Waals surface area (Å²) in [7, 11) is 0. The number of nitrogens with one attached hydrogen (secondary N) is 1. The van der Waals surface area contributed by atoms with Gasteiger partial charge in [-0.05, 0) is 12.8 Å². The van der Waals surface area contributed by atoms with Crippen LogP contribution in [0.2, 0.25) is 0 Å². The fourth-order valence-corrected chi connectivity index (χ4v) is 3.00. The minimum absolute atomic E-state index is 0.0806. The Hall–Kier alpha value is -0.870. The molecular weight excluding hydrogens is 326 g/mol. The van der Waals surface area contributed by atoms with E-state index in [4.69, 9.17) is 0 Å². The minimum Gasteiger partial charge on any atom is -0.394 e. The van der Waals surface area contributed by atoms with Gasteiger partial charge in [0.1, 0.15) is 0 Å². The van der Waals surface area contributed by atoms with E-state index in [0.29, 0.717) is 6.42 Å². The third kappa shape index (κ3) is 15.4. The van der Waals surface area contributed by atoms with Crippen molar-refractivity contribution in [2.75, 3.05) is 6.61 Å². The molecule has 0 aromatic carbocycles. The van der Waals surface area contributed by atoms with Crippen molar-refractivity contribution in [3.05, 3.63) is 12.2 Å². The zero-order valence-electron chi connectivity index (χ0n) is 17.2. The second-order valence-electron chi connectivity index (χ2n) is 7.35. The van der Waals surface area contributed by atoms with Crippen molar-refractivity contribution >= 4 is 5.91 Å². The van der Waals surface area contributed by atoms with Crippen molar-refractivity contribution in [1.29, 1.82) is 0 Å². The van der Waals surface area contributed by atoms with E-state index in [0.717, 1.165) is 25.7 Å². The zero-order valence-corrected chi connectivity index (χ0v) is 17.2. The molecule has 2 atom stereocenters. The van der Waals surface area contributed by atoms with Gasteiger partial charge in [0.25, 0.3) is 0 Å². The monoisotopic (exact) mass is 369 g/mol. The number of carbonyl (C=O) groups excluding carboxylic acids is 1. The molecule has 4 heteroatoms. The molecule has 0 aromatic heterocycles. The Morgan fingerprint density at radius 1 is 0.885 bits per heavy atom. The molecule has 0 fully saturated rings. The summed E-state index contributed by atoms with van der Waals surface area (Å²) >= 11 is 0. The molecule has 3 N–H and O–H groups in total. The van der Waals surface area contributed by atoms with Crippen LogP contribution in [0.25, 0.3) is 0 Å². The van der Waals surface area contributed by atoms with Gasteiger partial charge < -0.3 is 15.5 Å². The standard InChI is InChI=1S/C22H43NO3/c1-3-5-7-8-9-10-11-12-13-14-16-18-22(26)23-20(19-24)21(25)17-15-6-4-2/h15,17,20-21,24-25H,3-14,16,18-19H2,1-2H3,(H,23,26)/b17-15+. The van der Waals surface area contributed by atoms with Gasteiger partial charge in [0.2, 0.25) is 5.91 Å². The number of hydrogen-bond acceptors (Lipinski definition) is 3. The molecule has 0 saturated heterocycles.